The number of halogens is 1. The van der Waals surface area contributed by atoms with Crippen molar-refractivity contribution in [3.63, 3.8) is 0 Å². The molecule has 0 amide bonds. The predicted octanol–water partition coefficient (Wildman–Crippen LogP) is 5.26. The lowest BCUT2D eigenvalue weighted by molar-refractivity contribution is 0.475. The van der Waals surface area contributed by atoms with Crippen molar-refractivity contribution in [3.8, 4) is 11.8 Å². The van der Waals surface area contributed by atoms with E-state index in [0.717, 1.165) is 16.3 Å². The fourth-order valence-corrected chi connectivity index (χ4v) is 2.52. The number of aromatic hydroxyl groups is 1. The summed E-state index contributed by atoms with van der Waals surface area (Å²) >= 11 is 5.88. The maximum absolute atomic E-state index is 10.2. The van der Waals surface area contributed by atoms with E-state index in [1.807, 2.05) is 30.3 Å². The summed E-state index contributed by atoms with van der Waals surface area (Å²) < 4.78 is 0. The summed E-state index contributed by atoms with van der Waals surface area (Å²) in [7, 11) is 0. The molecule has 3 rings (SSSR count). The summed E-state index contributed by atoms with van der Waals surface area (Å²) in [5.74, 6) is 0.153. The lowest BCUT2D eigenvalue weighted by Crippen LogP contribution is -1.84. The van der Waals surface area contributed by atoms with E-state index in [9.17, 15) is 10.4 Å². The van der Waals surface area contributed by atoms with Gasteiger partial charge in [-0.25, -0.2) is 0 Å². The van der Waals surface area contributed by atoms with Gasteiger partial charge in [-0.1, -0.05) is 54.1 Å². The molecule has 0 heterocycles. The lowest BCUT2D eigenvalue weighted by atomic mass is 9.99. The van der Waals surface area contributed by atoms with Crippen LogP contribution in [0.5, 0.6) is 5.75 Å². The van der Waals surface area contributed by atoms with Crippen molar-refractivity contribution in [1.29, 1.82) is 5.26 Å². The van der Waals surface area contributed by atoms with Gasteiger partial charge in [-0.3, -0.25) is 0 Å². The minimum Gasteiger partial charge on any atom is -0.507 e. The fourth-order valence-electron chi connectivity index (χ4n) is 2.39. The Bertz CT molecular complexity index is 905. The van der Waals surface area contributed by atoms with E-state index >= 15 is 0 Å². The highest BCUT2D eigenvalue weighted by atomic mass is 35.5. The summed E-state index contributed by atoms with van der Waals surface area (Å²) in [6, 6.07) is 20.5. The summed E-state index contributed by atoms with van der Waals surface area (Å²) in [6.45, 7) is 0. The molecular formula is C19H12ClNO. The van der Waals surface area contributed by atoms with Crippen LogP contribution in [0.25, 0.3) is 22.4 Å². The maximum Gasteiger partial charge on any atom is 0.123 e. The lowest BCUT2D eigenvalue weighted by Gasteiger charge is -2.06. The van der Waals surface area contributed by atoms with Crippen molar-refractivity contribution in [2.24, 2.45) is 0 Å². The van der Waals surface area contributed by atoms with Crippen molar-refractivity contribution in [2.75, 3.05) is 0 Å². The maximum atomic E-state index is 10.2. The van der Waals surface area contributed by atoms with Gasteiger partial charge < -0.3 is 5.11 Å². The minimum atomic E-state index is 0.153. The van der Waals surface area contributed by atoms with Crippen LogP contribution in [0.4, 0.5) is 0 Å². The molecule has 0 saturated heterocycles. The highest BCUT2D eigenvalue weighted by Crippen LogP contribution is 2.31. The normalized spacial score (nSPS) is 11.4. The van der Waals surface area contributed by atoms with Gasteiger partial charge in [-0.15, -0.1) is 0 Å². The van der Waals surface area contributed by atoms with Gasteiger partial charge in [0.1, 0.15) is 5.75 Å². The third kappa shape index (κ3) is 2.67. The Morgan fingerprint density at radius 3 is 2.45 bits per heavy atom. The molecule has 0 atom stereocenters. The molecule has 0 bridgehead atoms. The van der Waals surface area contributed by atoms with Crippen LogP contribution in [-0.2, 0) is 0 Å². The summed E-state index contributed by atoms with van der Waals surface area (Å²) in [5, 5.41) is 22.1. The van der Waals surface area contributed by atoms with E-state index < -0.39 is 0 Å². The molecule has 0 aromatic heterocycles. The Morgan fingerprint density at radius 2 is 1.73 bits per heavy atom. The number of nitriles is 1. The van der Waals surface area contributed by atoms with E-state index in [1.54, 1.807) is 36.4 Å². The average Bonchev–Trinajstić information content (AvgIpc) is 2.55. The second-order valence-electron chi connectivity index (χ2n) is 4.90. The molecular weight excluding hydrogens is 294 g/mol. The van der Waals surface area contributed by atoms with Crippen LogP contribution >= 0.6 is 11.6 Å². The van der Waals surface area contributed by atoms with E-state index in [1.165, 1.54) is 0 Å². The number of benzene rings is 3. The number of phenolic OH excluding ortho intramolecular Hbond substituents is 1. The molecule has 3 heteroatoms. The van der Waals surface area contributed by atoms with E-state index in [0.29, 0.717) is 16.2 Å². The van der Waals surface area contributed by atoms with Crippen molar-refractivity contribution in [2.45, 2.75) is 0 Å². The van der Waals surface area contributed by atoms with Crippen LogP contribution < -0.4 is 0 Å². The zero-order chi connectivity index (χ0) is 15.5. The third-order valence-corrected chi connectivity index (χ3v) is 3.76. The van der Waals surface area contributed by atoms with Gasteiger partial charge in [0.2, 0.25) is 0 Å². The number of hydrogen-bond acceptors (Lipinski definition) is 2. The van der Waals surface area contributed by atoms with Crippen LogP contribution in [0.15, 0.2) is 60.7 Å². The summed E-state index contributed by atoms with van der Waals surface area (Å²) in [5.41, 5.74) is 1.88. The van der Waals surface area contributed by atoms with Crippen molar-refractivity contribution < 1.29 is 5.11 Å². The molecule has 22 heavy (non-hydrogen) atoms. The minimum absolute atomic E-state index is 0.153. The van der Waals surface area contributed by atoms with Gasteiger partial charge in [0.05, 0.1) is 11.6 Å². The molecule has 0 aliphatic rings. The Kier molecular flexibility index (Phi) is 3.82. The molecule has 2 nitrogen and oxygen atoms in total. The number of allylic oxidation sites excluding steroid dienone is 1. The quantitative estimate of drug-likeness (QED) is 0.518. The molecule has 106 valence electrons. The van der Waals surface area contributed by atoms with Gasteiger partial charge in [-0.2, -0.15) is 5.26 Å². The molecule has 0 aliphatic heterocycles. The molecule has 1 N–H and O–H groups in total. The second-order valence-corrected chi connectivity index (χ2v) is 5.33. The van der Waals surface area contributed by atoms with Gasteiger partial charge in [-0.05, 0) is 40.6 Å². The van der Waals surface area contributed by atoms with Crippen LogP contribution in [0.3, 0.4) is 0 Å². The highest BCUT2D eigenvalue weighted by Gasteiger charge is 2.07. The number of rotatable bonds is 2. The molecule has 0 saturated carbocycles. The first kappa shape index (κ1) is 14.2. The Labute approximate surface area is 133 Å². The number of fused-ring (bicyclic) bond motifs is 1. The molecule has 0 spiro atoms. The predicted molar refractivity (Wildman–Crippen MR) is 90.5 cm³/mol. The zero-order valence-electron chi connectivity index (χ0n) is 11.6. The largest absolute Gasteiger partial charge is 0.507 e. The molecule has 0 radical (unpaired) electrons. The van der Waals surface area contributed by atoms with E-state index in [-0.39, 0.29) is 5.75 Å². The van der Waals surface area contributed by atoms with Crippen LogP contribution in [0.2, 0.25) is 5.02 Å². The van der Waals surface area contributed by atoms with Crippen LogP contribution in [0.1, 0.15) is 11.1 Å². The van der Waals surface area contributed by atoms with E-state index in [2.05, 4.69) is 6.07 Å². The number of phenols is 1. The zero-order valence-corrected chi connectivity index (χ0v) is 12.4. The Morgan fingerprint density at radius 1 is 1.00 bits per heavy atom. The fraction of sp³-hybridized carbons (Fsp3) is 0. The molecule has 0 fully saturated rings. The molecule has 3 aromatic carbocycles. The van der Waals surface area contributed by atoms with Gasteiger partial charge in [0, 0.05) is 10.6 Å². The van der Waals surface area contributed by atoms with Gasteiger partial charge >= 0.3 is 0 Å². The van der Waals surface area contributed by atoms with E-state index in [4.69, 9.17) is 11.6 Å². The van der Waals surface area contributed by atoms with Gasteiger partial charge in [0.25, 0.3) is 0 Å². The van der Waals surface area contributed by atoms with Crippen molar-refractivity contribution in [1.82, 2.24) is 0 Å². The topological polar surface area (TPSA) is 44.0 Å². The SMILES string of the molecule is N#C/C(=C\c1c(O)ccc2ccccc12)c1ccc(Cl)cc1. The molecule has 0 unspecified atom stereocenters. The molecule has 3 aromatic rings. The van der Waals surface area contributed by atoms with Crippen LogP contribution in [-0.4, -0.2) is 5.11 Å². The molecule has 0 aliphatic carbocycles. The summed E-state index contributed by atoms with van der Waals surface area (Å²) in [6.07, 6.45) is 1.71. The number of nitrogens with zero attached hydrogens (tertiary/aromatic N) is 1. The standard InChI is InChI=1S/C19H12ClNO/c20-16-8-5-13(6-9-16)15(12-21)11-18-17-4-2-1-3-14(17)7-10-19(18)22/h1-11,22H/b15-11+. The highest BCUT2D eigenvalue weighted by molar-refractivity contribution is 6.30. The monoisotopic (exact) mass is 305 g/mol. The third-order valence-electron chi connectivity index (χ3n) is 3.51. The summed E-state index contributed by atoms with van der Waals surface area (Å²) in [4.78, 5) is 0. The Balaban J connectivity index is 2.20. The first-order valence-electron chi connectivity index (χ1n) is 6.77. The average molecular weight is 306 g/mol. The van der Waals surface area contributed by atoms with Crippen molar-refractivity contribution >= 4 is 34.0 Å². The number of hydrogen-bond donors (Lipinski definition) is 1. The van der Waals surface area contributed by atoms with Gasteiger partial charge in [0.15, 0.2) is 0 Å². The first-order chi connectivity index (χ1) is 10.7. The first-order valence-corrected chi connectivity index (χ1v) is 7.15. The smallest absolute Gasteiger partial charge is 0.123 e. The second kappa shape index (κ2) is 5.93. The Hall–Kier alpha value is -2.76. The van der Waals surface area contributed by atoms with Crippen molar-refractivity contribution in [3.05, 3.63) is 76.8 Å². The van der Waals surface area contributed by atoms with Crippen LogP contribution in [0, 0.1) is 11.3 Å².